The number of hydrogen-bond donors (Lipinski definition) is 2. The van der Waals surface area contributed by atoms with E-state index in [1.54, 1.807) is 0 Å². The fraction of sp³-hybridized carbons (Fsp3) is 0.500. The molecule has 3 rings (SSSR count). The van der Waals surface area contributed by atoms with E-state index in [2.05, 4.69) is 5.32 Å². The normalized spacial score (nSPS) is 22.6. The molecule has 0 radical (unpaired) electrons. The largest absolute Gasteiger partial charge is 0.490 e. The summed E-state index contributed by atoms with van der Waals surface area (Å²) >= 11 is 0. The van der Waals surface area contributed by atoms with Crippen molar-refractivity contribution in [1.29, 1.82) is 0 Å². The van der Waals surface area contributed by atoms with E-state index in [1.165, 1.54) is 28.6 Å². The average molecular weight is 411 g/mol. The van der Waals surface area contributed by atoms with Crippen molar-refractivity contribution in [2.75, 3.05) is 19.6 Å². The Kier molecular flexibility index (Phi) is 6.07. The molecule has 9 nitrogen and oxygen atoms in total. The van der Waals surface area contributed by atoms with Crippen LogP contribution in [-0.4, -0.2) is 60.6 Å². The van der Waals surface area contributed by atoms with Gasteiger partial charge in [-0.1, -0.05) is 12.1 Å². The number of alkyl halides is 3. The minimum absolute atomic E-state index is 0.182. The summed E-state index contributed by atoms with van der Waals surface area (Å²) in [6.07, 6.45) is -4.28. The Hall–Kier alpha value is -2.25. The number of hydrogen-bond acceptors (Lipinski definition) is 6. The van der Waals surface area contributed by atoms with Gasteiger partial charge < -0.3 is 10.4 Å². The number of carbonyl (C=O) groups is 1. The number of nitrogens with zero attached hydrogens (tertiary/aromatic N) is 2. The number of nitro benzene ring substituents is 1. The first kappa shape index (κ1) is 21.1. The zero-order chi connectivity index (χ0) is 20.4. The lowest BCUT2D eigenvalue weighted by atomic mass is 9.86. The zero-order valence-corrected chi connectivity index (χ0v) is 14.5. The lowest BCUT2D eigenvalue weighted by Crippen LogP contribution is -2.62. The van der Waals surface area contributed by atoms with Gasteiger partial charge in [-0.15, -0.1) is 0 Å². The van der Waals surface area contributed by atoms with Crippen LogP contribution in [0.15, 0.2) is 29.2 Å². The number of aliphatic carboxylic acids is 1. The van der Waals surface area contributed by atoms with Gasteiger partial charge in [0.05, 0.1) is 4.92 Å². The topological polar surface area (TPSA) is 130 Å². The number of nitro groups is 1. The highest BCUT2D eigenvalue weighted by Crippen LogP contribution is 2.31. The molecule has 2 atom stereocenters. The van der Waals surface area contributed by atoms with Gasteiger partial charge in [0.1, 0.15) is 0 Å². The highest BCUT2D eigenvalue weighted by Gasteiger charge is 2.41. The molecular formula is C14H16F3N3O6S. The van der Waals surface area contributed by atoms with Crippen LogP contribution in [0.2, 0.25) is 0 Å². The molecule has 0 bridgehead atoms. The van der Waals surface area contributed by atoms with Crippen LogP contribution in [0.3, 0.4) is 0 Å². The third-order valence-corrected chi connectivity index (χ3v) is 6.20. The average Bonchev–Trinajstić information content (AvgIpc) is 2.55. The second-order valence-corrected chi connectivity index (χ2v) is 7.86. The summed E-state index contributed by atoms with van der Waals surface area (Å²) in [5.74, 6) is -2.22. The molecule has 2 fully saturated rings. The van der Waals surface area contributed by atoms with Gasteiger partial charge in [0.2, 0.25) is 10.0 Å². The van der Waals surface area contributed by atoms with Crippen LogP contribution in [0.4, 0.5) is 18.9 Å². The van der Waals surface area contributed by atoms with E-state index >= 15 is 0 Å². The summed E-state index contributed by atoms with van der Waals surface area (Å²) in [4.78, 5) is 19.0. The number of carboxylic acid groups (broad SMARTS) is 1. The maximum Gasteiger partial charge on any atom is 0.490 e. The van der Waals surface area contributed by atoms with Crippen molar-refractivity contribution in [3.63, 3.8) is 0 Å². The first-order valence-corrected chi connectivity index (χ1v) is 9.15. The minimum atomic E-state index is -5.08. The van der Waals surface area contributed by atoms with E-state index in [-0.39, 0.29) is 16.6 Å². The van der Waals surface area contributed by atoms with Crippen molar-refractivity contribution in [2.24, 2.45) is 5.92 Å². The predicted molar refractivity (Wildman–Crippen MR) is 85.4 cm³/mol. The van der Waals surface area contributed by atoms with Crippen molar-refractivity contribution in [1.82, 2.24) is 9.62 Å². The van der Waals surface area contributed by atoms with Crippen LogP contribution in [0.5, 0.6) is 0 Å². The van der Waals surface area contributed by atoms with Crippen LogP contribution in [0.25, 0.3) is 0 Å². The summed E-state index contributed by atoms with van der Waals surface area (Å²) in [6.45, 7) is 1.75. The zero-order valence-electron chi connectivity index (χ0n) is 13.7. The van der Waals surface area contributed by atoms with Gasteiger partial charge in [0.25, 0.3) is 5.69 Å². The van der Waals surface area contributed by atoms with Gasteiger partial charge in [0.15, 0.2) is 4.90 Å². The van der Waals surface area contributed by atoms with E-state index in [1.807, 2.05) is 0 Å². The molecule has 2 aliphatic rings. The van der Waals surface area contributed by atoms with Crippen LogP contribution in [0.1, 0.15) is 6.42 Å². The second kappa shape index (κ2) is 7.78. The highest BCUT2D eigenvalue weighted by molar-refractivity contribution is 7.89. The van der Waals surface area contributed by atoms with Crippen molar-refractivity contribution in [3.05, 3.63) is 34.4 Å². The predicted octanol–water partition coefficient (Wildman–Crippen LogP) is 1.21. The molecule has 2 unspecified atom stereocenters. The van der Waals surface area contributed by atoms with Crippen molar-refractivity contribution >= 4 is 21.7 Å². The number of halogens is 3. The van der Waals surface area contributed by atoms with Crippen molar-refractivity contribution < 1.29 is 36.4 Å². The smallest absolute Gasteiger partial charge is 0.475 e. The third-order valence-electron chi connectivity index (χ3n) is 4.28. The molecule has 0 aliphatic carbocycles. The van der Waals surface area contributed by atoms with Crippen molar-refractivity contribution in [3.8, 4) is 0 Å². The van der Waals surface area contributed by atoms with E-state index in [0.29, 0.717) is 19.0 Å². The molecule has 0 spiro atoms. The van der Waals surface area contributed by atoms with Gasteiger partial charge in [-0.3, -0.25) is 10.1 Å². The fourth-order valence-electron chi connectivity index (χ4n) is 2.77. The number of sulfonamides is 1. The van der Waals surface area contributed by atoms with Gasteiger partial charge in [-0.2, -0.15) is 17.5 Å². The van der Waals surface area contributed by atoms with E-state index in [4.69, 9.17) is 9.90 Å². The standard InChI is InChI=1S/C12H15N3O4S.C2HF3O2/c16-15(17)11-3-1-2-4-12(11)20(18,19)14-6-5-9-7-13-10(9)8-14;3-2(4,5)1(6)7/h1-4,9-10,13H,5-8H2;(H,6,7). The number of carboxylic acids is 1. The van der Waals surface area contributed by atoms with Gasteiger partial charge in [-0.05, 0) is 24.9 Å². The Morgan fingerprint density at radius 1 is 1.33 bits per heavy atom. The van der Waals surface area contributed by atoms with E-state index in [0.717, 1.165) is 13.0 Å². The summed E-state index contributed by atoms with van der Waals surface area (Å²) in [5, 5.41) is 21.3. The van der Waals surface area contributed by atoms with Gasteiger partial charge in [0, 0.05) is 25.2 Å². The second-order valence-electron chi connectivity index (χ2n) is 5.95. The molecule has 13 heteroatoms. The summed E-state index contributed by atoms with van der Waals surface area (Å²) in [7, 11) is -3.81. The fourth-order valence-corrected chi connectivity index (χ4v) is 4.41. The molecule has 27 heavy (non-hydrogen) atoms. The van der Waals surface area contributed by atoms with Crippen LogP contribution in [-0.2, 0) is 14.8 Å². The Morgan fingerprint density at radius 3 is 2.37 bits per heavy atom. The molecule has 2 heterocycles. The maximum absolute atomic E-state index is 12.6. The molecule has 2 N–H and O–H groups in total. The molecule has 0 amide bonds. The quantitative estimate of drug-likeness (QED) is 0.565. The molecule has 150 valence electrons. The summed E-state index contributed by atoms with van der Waals surface area (Å²) < 4.78 is 58.3. The number of fused-ring (bicyclic) bond motifs is 1. The number of benzene rings is 1. The van der Waals surface area contributed by atoms with Crippen LogP contribution >= 0.6 is 0 Å². The molecular weight excluding hydrogens is 395 g/mol. The first-order valence-electron chi connectivity index (χ1n) is 7.71. The lowest BCUT2D eigenvalue weighted by molar-refractivity contribution is -0.387. The summed E-state index contributed by atoms with van der Waals surface area (Å²) in [5.41, 5.74) is -0.365. The SMILES string of the molecule is O=C(O)C(F)(F)F.O=[N+]([O-])c1ccccc1S(=O)(=O)N1CCC2CNC2C1. The molecule has 1 aromatic rings. The molecule has 1 aromatic carbocycles. The number of piperidine rings is 1. The van der Waals surface area contributed by atoms with Gasteiger partial charge >= 0.3 is 12.1 Å². The van der Waals surface area contributed by atoms with E-state index < -0.39 is 27.1 Å². The van der Waals surface area contributed by atoms with Crippen molar-refractivity contribution in [2.45, 2.75) is 23.5 Å². The monoisotopic (exact) mass is 411 g/mol. The molecule has 2 saturated heterocycles. The Morgan fingerprint density at radius 2 is 1.93 bits per heavy atom. The number of para-hydroxylation sites is 1. The number of rotatable bonds is 3. The Labute approximate surface area is 152 Å². The van der Waals surface area contributed by atoms with Crippen LogP contribution < -0.4 is 5.32 Å². The lowest BCUT2D eigenvalue weighted by Gasteiger charge is -2.45. The highest BCUT2D eigenvalue weighted by atomic mass is 32.2. The Bertz CT molecular complexity index is 830. The number of nitrogens with one attached hydrogen (secondary N) is 1. The Balaban J connectivity index is 0.000000321. The first-order chi connectivity index (χ1) is 12.4. The minimum Gasteiger partial charge on any atom is -0.475 e. The van der Waals surface area contributed by atoms with E-state index in [9.17, 15) is 31.7 Å². The third kappa shape index (κ3) is 4.73. The maximum atomic E-state index is 12.6. The summed E-state index contributed by atoms with van der Waals surface area (Å²) in [6, 6.07) is 5.68. The molecule has 0 saturated carbocycles. The molecule has 2 aliphatic heterocycles. The van der Waals surface area contributed by atoms with Gasteiger partial charge in [-0.25, -0.2) is 13.2 Å². The van der Waals surface area contributed by atoms with Crippen LogP contribution in [0, 0.1) is 16.0 Å². The molecule has 0 aromatic heterocycles.